The van der Waals surface area contributed by atoms with E-state index in [2.05, 4.69) is 166 Å². The van der Waals surface area contributed by atoms with Crippen molar-refractivity contribution in [3.05, 3.63) is 0 Å². The van der Waals surface area contributed by atoms with Crippen molar-refractivity contribution in [2.75, 3.05) is 0 Å². The van der Waals surface area contributed by atoms with Gasteiger partial charge in [-0.05, 0) is 338 Å². The topological polar surface area (TPSA) is 0 Å². The van der Waals surface area contributed by atoms with E-state index in [9.17, 15) is 0 Å². The molecule has 0 heteroatoms. The first-order chi connectivity index (χ1) is 48.0. The van der Waals surface area contributed by atoms with Crippen molar-refractivity contribution in [3.63, 3.8) is 0 Å². The van der Waals surface area contributed by atoms with Crippen LogP contribution in [0.5, 0.6) is 0 Å². The summed E-state index contributed by atoms with van der Waals surface area (Å²) < 4.78 is 0. The summed E-state index contributed by atoms with van der Waals surface area (Å²) in [5.41, 5.74) is 5.26. The summed E-state index contributed by atoms with van der Waals surface area (Å²) in [6.07, 6.45) is 70.6. The fourth-order valence-corrected chi connectivity index (χ4v) is 30.6. The van der Waals surface area contributed by atoms with E-state index in [0.717, 1.165) is 147 Å². The van der Waals surface area contributed by atoms with Gasteiger partial charge in [-0.3, -0.25) is 0 Å². The summed E-state index contributed by atoms with van der Waals surface area (Å²) in [5, 5.41) is 0. The second-order valence-corrected chi connectivity index (χ2v) is 51.1. The van der Waals surface area contributed by atoms with Crippen molar-refractivity contribution in [2.24, 2.45) is 191 Å². The van der Waals surface area contributed by atoms with Gasteiger partial charge in [0, 0.05) is 0 Å². The Bertz CT molecular complexity index is 2370. The number of hydrogen-bond donors (Lipinski definition) is 0. The summed E-state index contributed by atoms with van der Waals surface area (Å²) in [4.78, 5) is 0. The Labute approximate surface area is 648 Å². The Balaban J connectivity index is 0.000000127. The standard InChI is InChI=1S/C14H24.2C14H26.2C13H24.2C12H22.C11H20/c1-13(2,3)14-7-10-4-11(8-14)6-12(5-10)9-14;1-14(2,3)13-10-8-11-5-4-6-12(13)9-7-11;1-14(2,3)13-9-11-6-4-5-7-12(8-11)10-13;1-13(2,3)12-9-6-10-4-7-11(12)8-5-10;1-13(2,3)12-10-6-4-7-11(12)9-5-8-10;1-12(2,3)11-7-5-9-4-6-10(11)8-9;1-12(2,3)11-8-9-4-6-10(11)7-5-9;1-11(2,3)10-7-8-4-5-9(10)6-8/h10-12H,4-9H2,1-3H3;2*11-13H,4-10H2,1-3H3;2*10-12H,4-9H2,1-3H3;2*9-11H,4-8H2,1-3H3;8-10H,4-7H2,1-3H3. The van der Waals surface area contributed by atoms with Gasteiger partial charge in [0.05, 0.1) is 0 Å². The Kier molecular flexibility index (Phi) is 29.2. The first-order valence-electron chi connectivity index (χ1n) is 48.0. The number of fused-ring (bicyclic) bond motifs is 18. The molecule has 600 valence electrons. The first-order valence-corrected chi connectivity index (χ1v) is 48.0. The third-order valence-electron chi connectivity index (χ3n) is 35.9. The van der Waals surface area contributed by atoms with E-state index in [-0.39, 0.29) is 0 Å². The van der Waals surface area contributed by atoms with Crippen LogP contribution in [0.4, 0.5) is 0 Å². The van der Waals surface area contributed by atoms with Gasteiger partial charge < -0.3 is 0 Å². The highest BCUT2D eigenvalue weighted by Gasteiger charge is 2.56. The van der Waals surface area contributed by atoms with Gasteiger partial charge in [-0.2, -0.15) is 0 Å². The van der Waals surface area contributed by atoms with Crippen molar-refractivity contribution in [1.29, 1.82) is 0 Å². The van der Waals surface area contributed by atoms with E-state index in [1.54, 1.807) is 57.8 Å². The van der Waals surface area contributed by atoms with Crippen LogP contribution in [0.15, 0.2) is 0 Å². The zero-order valence-electron chi connectivity index (χ0n) is 74.9. The van der Waals surface area contributed by atoms with Crippen LogP contribution in [-0.2, 0) is 0 Å². The normalized spacial score (nSPS) is 42.2. The third kappa shape index (κ3) is 23.4. The van der Waals surface area contributed by atoms with Gasteiger partial charge in [-0.25, -0.2) is 0 Å². The van der Waals surface area contributed by atoms with E-state index in [4.69, 9.17) is 0 Å². The predicted octanol–water partition coefficient (Wildman–Crippen LogP) is 33.2. The van der Waals surface area contributed by atoms with Gasteiger partial charge in [-0.1, -0.05) is 314 Å². The zero-order valence-corrected chi connectivity index (χ0v) is 74.9. The molecular formula is C103H188. The molecule has 0 spiro atoms. The van der Waals surface area contributed by atoms with Crippen LogP contribution in [-0.4, -0.2) is 0 Å². The molecular weight excluding hydrogens is 1240 g/mol. The SMILES string of the molecule is CC(C)(C)C12CC3CC(CC(C3)C1)C2.CC(C)(C)C1C2CCCC1CCC2.CC(C)(C)C1CC2CCC1C2.CC(C)(C)C1CC2CCC1CC2.CC(C)(C)C1CC2CCCCC(C2)C1.CC(C)(C)C1CCC2CCC1C2.CC(C)(C)C1CCC2CCC1CC2.CC(C)(C)C1CCC2CCCC1CC2. The van der Waals surface area contributed by atoms with Crippen LogP contribution < -0.4 is 0 Å². The molecule has 20 aliphatic rings. The monoisotopic (exact) mass is 1430 g/mol. The molecule has 13 atom stereocenters. The molecule has 0 aromatic heterocycles. The predicted molar refractivity (Wildman–Crippen MR) is 454 cm³/mol. The van der Waals surface area contributed by atoms with Gasteiger partial charge in [-0.15, -0.1) is 0 Å². The smallest absolute Gasteiger partial charge is 0.0241 e. The summed E-state index contributed by atoms with van der Waals surface area (Å²) in [7, 11) is 0. The fraction of sp³-hybridized carbons (Fsp3) is 1.00. The molecule has 0 N–H and O–H groups in total. The molecule has 0 aromatic rings. The Morgan fingerprint density at radius 1 is 0.175 bits per heavy atom. The minimum atomic E-state index is 0.552. The maximum Gasteiger partial charge on any atom is -0.0241 e. The molecule has 103 heavy (non-hydrogen) atoms. The van der Waals surface area contributed by atoms with E-state index in [0.29, 0.717) is 43.3 Å². The molecule has 20 saturated carbocycles. The number of rotatable bonds is 0. The van der Waals surface area contributed by atoms with Crippen LogP contribution in [0.2, 0.25) is 0 Å². The Hall–Kier alpha value is 0. The molecule has 18 bridgehead atoms. The first kappa shape index (κ1) is 85.4. The highest BCUT2D eigenvalue weighted by molar-refractivity contribution is 5.06. The van der Waals surface area contributed by atoms with Crippen molar-refractivity contribution in [1.82, 2.24) is 0 Å². The van der Waals surface area contributed by atoms with Gasteiger partial charge in [0.1, 0.15) is 0 Å². The van der Waals surface area contributed by atoms with Gasteiger partial charge in [0.15, 0.2) is 0 Å². The van der Waals surface area contributed by atoms with Crippen molar-refractivity contribution in [3.8, 4) is 0 Å². The second-order valence-electron chi connectivity index (χ2n) is 51.1. The average molecular weight is 1430 g/mol. The lowest BCUT2D eigenvalue weighted by molar-refractivity contribution is -0.113. The molecule has 0 saturated heterocycles. The molecule has 20 rings (SSSR count). The minimum absolute atomic E-state index is 0.552. The molecule has 0 aliphatic heterocycles. The maximum absolute atomic E-state index is 2.49. The van der Waals surface area contributed by atoms with Crippen LogP contribution in [0.25, 0.3) is 0 Å². The second kappa shape index (κ2) is 35.2. The summed E-state index contributed by atoms with van der Waals surface area (Å²) in [6, 6.07) is 0. The molecule has 0 aromatic carbocycles. The van der Waals surface area contributed by atoms with Gasteiger partial charge in [0.25, 0.3) is 0 Å². The Morgan fingerprint density at radius 3 is 0.806 bits per heavy atom. The lowest BCUT2D eigenvalue weighted by atomic mass is 9.43. The summed E-state index contributed by atoms with van der Waals surface area (Å²) in [6.45, 7) is 58.6. The fourth-order valence-electron chi connectivity index (χ4n) is 30.6. The van der Waals surface area contributed by atoms with Gasteiger partial charge in [0.2, 0.25) is 0 Å². The molecule has 13 unspecified atom stereocenters. The quantitative estimate of drug-likeness (QED) is 0.227. The van der Waals surface area contributed by atoms with Gasteiger partial charge >= 0.3 is 0 Å². The lowest BCUT2D eigenvalue weighted by Gasteiger charge is -2.62. The maximum atomic E-state index is 2.49. The van der Waals surface area contributed by atoms with Crippen LogP contribution in [0.1, 0.15) is 462 Å². The molecule has 0 radical (unpaired) electrons. The van der Waals surface area contributed by atoms with E-state index in [1.165, 1.54) is 238 Å². The molecule has 20 aliphatic carbocycles. The van der Waals surface area contributed by atoms with E-state index >= 15 is 0 Å². The highest BCUT2D eigenvalue weighted by atomic mass is 14.6. The van der Waals surface area contributed by atoms with Crippen LogP contribution >= 0.6 is 0 Å². The average Bonchev–Trinajstić information content (AvgIpc) is 1.70. The lowest BCUT2D eigenvalue weighted by Crippen LogP contribution is -2.51. The summed E-state index contributed by atoms with van der Waals surface area (Å²) in [5.74, 6) is 25.7. The molecule has 0 nitrogen and oxygen atoms in total. The van der Waals surface area contributed by atoms with Crippen molar-refractivity contribution < 1.29 is 0 Å². The molecule has 0 amide bonds. The summed E-state index contributed by atoms with van der Waals surface area (Å²) >= 11 is 0. The van der Waals surface area contributed by atoms with Crippen molar-refractivity contribution >= 4 is 0 Å². The van der Waals surface area contributed by atoms with E-state index < -0.39 is 0 Å². The largest absolute Gasteiger partial charge is 0.0599 e. The van der Waals surface area contributed by atoms with Crippen LogP contribution in [0.3, 0.4) is 0 Å². The highest BCUT2D eigenvalue weighted by Crippen LogP contribution is 2.66. The molecule has 20 fully saturated rings. The Morgan fingerprint density at radius 2 is 0.447 bits per heavy atom. The minimum Gasteiger partial charge on any atom is -0.0599 e. The van der Waals surface area contributed by atoms with E-state index in [1.807, 2.05) is 0 Å². The third-order valence-corrected chi connectivity index (χ3v) is 35.9. The number of hydrogen-bond acceptors (Lipinski definition) is 0. The molecule has 0 heterocycles. The van der Waals surface area contributed by atoms with Crippen molar-refractivity contribution in [2.45, 2.75) is 462 Å². The zero-order chi connectivity index (χ0) is 74.9. The van der Waals surface area contributed by atoms with Crippen LogP contribution in [0, 0.1) is 191 Å².